The summed E-state index contributed by atoms with van der Waals surface area (Å²) in [5.41, 5.74) is 0.00229. The maximum absolute atomic E-state index is 10.9. The lowest BCUT2D eigenvalue weighted by Crippen LogP contribution is -2.35. The Balaban J connectivity index is 4.57. The molecule has 1 unspecified atom stereocenters. The number of hydrogen-bond donors (Lipinski definition) is 0. The molecule has 0 rings (SSSR count). The molecule has 0 aromatic rings. The molecule has 0 radical (unpaired) electrons. The number of hydrogen-bond acceptors (Lipinski definition) is 2. The largest absolute Gasteiger partial charge is 0.588 e. The lowest BCUT2D eigenvalue weighted by atomic mass is 9.83. The van der Waals surface area contributed by atoms with E-state index in [0.717, 1.165) is 12.8 Å². The molecular weight excluding hydrogens is 252 g/mol. The Morgan fingerprint density at radius 1 is 1.00 bits per heavy atom. The summed E-state index contributed by atoms with van der Waals surface area (Å²) in [5.74, 6) is 0.584. The Hall–Kier alpha value is -0.730. The van der Waals surface area contributed by atoms with Gasteiger partial charge in [-0.1, -0.05) is 48.5 Å². The minimum atomic E-state index is -0.389. The van der Waals surface area contributed by atoms with E-state index in [1.165, 1.54) is 0 Å². The van der Waals surface area contributed by atoms with Crippen molar-refractivity contribution in [1.29, 1.82) is 0 Å². The number of esters is 1. The molecule has 0 fully saturated rings. The zero-order chi connectivity index (χ0) is 16.2. The molecule has 3 heteroatoms. The first-order chi connectivity index (χ1) is 8.74. The van der Waals surface area contributed by atoms with Crippen LogP contribution in [-0.2, 0) is 9.31 Å². The van der Waals surface area contributed by atoms with Crippen LogP contribution in [0.4, 0.5) is 0 Å². The Labute approximate surface area is 125 Å². The molecular formula is C17H34O3. The third-order valence-corrected chi connectivity index (χ3v) is 2.92. The van der Waals surface area contributed by atoms with Gasteiger partial charge in [-0.2, -0.15) is 0 Å². The lowest BCUT2D eigenvalue weighted by Gasteiger charge is -2.27. The number of rotatable bonds is 5. The van der Waals surface area contributed by atoms with E-state index < -0.39 is 0 Å². The third-order valence-electron chi connectivity index (χ3n) is 2.92. The molecule has 0 heterocycles. The SMILES string of the molecule is CC(CC(OC(C)(C)CC(C)(C)C)=[O+][O-])CC(C)(C)C. The monoisotopic (exact) mass is 286 g/mol. The molecule has 20 heavy (non-hydrogen) atoms. The highest BCUT2D eigenvalue weighted by Crippen LogP contribution is 2.31. The molecule has 0 N–H and O–H groups in total. The third kappa shape index (κ3) is 10.1. The maximum atomic E-state index is 10.9. The van der Waals surface area contributed by atoms with Gasteiger partial charge in [0.1, 0.15) is 6.42 Å². The van der Waals surface area contributed by atoms with Crippen molar-refractivity contribution in [2.24, 2.45) is 16.7 Å². The number of ether oxygens (including phenoxy) is 1. The average Bonchev–Trinajstić information content (AvgIpc) is 2.08. The fraction of sp³-hybridized carbons (Fsp3) is 0.941. The highest BCUT2D eigenvalue weighted by molar-refractivity contribution is 5.70. The van der Waals surface area contributed by atoms with E-state index in [1.807, 2.05) is 13.8 Å². The van der Waals surface area contributed by atoms with Crippen LogP contribution in [0.5, 0.6) is 0 Å². The molecule has 0 bridgehead atoms. The van der Waals surface area contributed by atoms with Crippen LogP contribution in [0.3, 0.4) is 0 Å². The molecule has 0 spiro atoms. The van der Waals surface area contributed by atoms with E-state index in [9.17, 15) is 5.26 Å². The Kier molecular flexibility index (Phi) is 6.57. The molecule has 0 aliphatic carbocycles. The Morgan fingerprint density at radius 3 is 1.85 bits per heavy atom. The summed E-state index contributed by atoms with van der Waals surface area (Å²) >= 11 is 0. The van der Waals surface area contributed by atoms with Crippen LogP contribution in [-0.4, -0.2) is 11.6 Å². The topological polar surface area (TPSA) is 43.6 Å². The molecule has 0 aliphatic rings. The van der Waals surface area contributed by atoms with Crippen LogP contribution in [0.15, 0.2) is 0 Å². The van der Waals surface area contributed by atoms with Crippen molar-refractivity contribution < 1.29 is 14.6 Å². The van der Waals surface area contributed by atoms with E-state index >= 15 is 0 Å². The molecule has 0 aliphatic heterocycles. The summed E-state index contributed by atoms with van der Waals surface area (Å²) in [5, 5.41) is 10.9. The Bertz CT molecular complexity index is 316. The van der Waals surface area contributed by atoms with Gasteiger partial charge >= 0.3 is 5.97 Å². The summed E-state index contributed by atoms with van der Waals surface area (Å²) in [4.78, 5) is 0. The smallest absolute Gasteiger partial charge is 0.498 e. The summed E-state index contributed by atoms with van der Waals surface area (Å²) in [6.07, 6.45) is 2.46. The van der Waals surface area contributed by atoms with E-state index in [1.54, 1.807) is 0 Å². The zero-order valence-corrected chi connectivity index (χ0v) is 14.9. The maximum Gasteiger partial charge on any atom is 0.498 e. The van der Waals surface area contributed by atoms with Crippen LogP contribution in [0.2, 0.25) is 0 Å². The molecule has 0 aromatic carbocycles. The van der Waals surface area contributed by atoms with Crippen molar-refractivity contribution in [2.45, 2.75) is 87.2 Å². The van der Waals surface area contributed by atoms with Gasteiger partial charge in [0.15, 0.2) is 5.60 Å². The summed E-state index contributed by atoms with van der Waals surface area (Å²) < 4.78 is 10.1. The average molecular weight is 286 g/mol. The van der Waals surface area contributed by atoms with E-state index in [4.69, 9.17) is 4.74 Å². The normalized spacial score (nSPS) is 16.1. The van der Waals surface area contributed by atoms with Gasteiger partial charge in [0.05, 0.1) is 0 Å². The van der Waals surface area contributed by atoms with Crippen molar-refractivity contribution in [2.75, 3.05) is 0 Å². The highest BCUT2D eigenvalue weighted by Gasteiger charge is 2.36. The number of carbonyl (C=O) groups excluding carboxylic acids is 1. The first-order valence-electron chi connectivity index (χ1n) is 7.59. The van der Waals surface area contributed by atoms with Crippen LogP contribution >= 0.6 is 0 Å². The zero-order valence-electron chi connectivity index (χ0n) is 14.9. The minimum Gasteiger partial charge on any atom is -0.588 e. The van der Waals surface area contributed by atoms with Crippen molar-refractivity contribution in [3.63, 3.8) is 0 Å². The molecule has 0 amide bonds. The van der Waals surface area contributed by atoms with Crippen molar-refractivity contribution in [1.82, 2.24) is 0 Å². The van der Waals surface area contributed by atoms with Gasteiger partial charge in [-0.3, -0.25) is 4.58 Å². The summed E-state index contributed by atoms with van der Waals surface area (Å²) in [6, 6.07) is 0. The van der Waals surface area contributed by atoms with Gasteiger partial charge < -0.3 is 9.99 Å². The predicted octanol–water partition coefficient (Wildman–Crippen LogP) is 4.02. The van der Waals surface area contributed by atoms with Gasteiger partial charge in [0.2, 0.25) is 0 Å². The molecule has 1 atom stereocenters. The fourth-order valence-electron chi connectivity index (χ4n) is 3.12. The quantitative estimate of drug-likeness (QED) is 0.331. The van der Waals surface area contributed by atoms with Crippen molar-refractivity contribution in [3.8, 4) is 0 Å². The molecule has 120 valence electrons. The molecule has 0 aromatic heterocycles. The molecule has 3 nitrogen and oxygen atoms in total. The molecule has 0 saturated carbocycles. The van der Waals surface area contributed by atoms with Gasteiger partial charge in [-0.15, -0.1) is 0 Å². The van der Waals surface area contributed by atoms with Crippen LogP contribution in [0, 0.1) is 16.7 Å². The Morgan fingerprint density at radius 2 is 1.50 bits per heavy atom. The lowest BCUT2D eigenvalue weighted by molar-refractivity contribution is -1.05. The van der Waals surface area contributed by atoms with Gasteiger partial charge in [-0.25, -0.2) is 0 Å². The van der Waals surface area contributed by atoms with Gasteiger partial charge in [0.25, 0.3) is 0 Å². The first-order valence-corrected chi connectivity index (χ1v) is 7.59. The first kappa shape index (κ1) is 19.3. The van der Waals surface area contributed by atoms with Crippen LogP contribution in [0.1, 0.15) is 81.6 Å². The predicted molar refractivity (Wildman–Crippen MR) is 82.1 cm³/mol. The standard InChI is InChI=1S/C17H34O3/c1-13(11-15(2,3)4)10-14(20-18)19-17(8,9)12-16(5,6)7/h13H,10-12H2,1-9H3. The van der Waals surface area contributed by atoms with Crippen LogP contribution in [0.25, 0.3) is 0 Å². The van der Waals surface area contributed by atoms with E-state index in [-0.39, 0.29) is 22.4 Å². The van der Waals surface area contributed by atoms with Crippen molar-refractivity contribution in [3.05, 3.63) is 0 Å². The molecule has 0 saturated heterocycles. The second-order valence-corrected chi connectivity index (χ2v) is 9.13. The summed E-state index contributed by atoms with van der Waals surface area (Å²) in [7, 11) is 0. The van der Waals surface area contributed by atoms with Gasteiger partial charge in [-0.05, 0) is 23.2 Å². The van der Waals surface area contributed by atoms with Crippen molar-refractivity contribution >= 4 is 5.97 Å². The second kappa shape index (κ2) is 6.82. The fourth-order valence-corrected chi connectivity index (χ4v) is 3.12. The minimum absolute atomic E-state index is 0.147. The van der Waals surface area contributed by atoms with E-state index in [0.29, 0.717) is 12.3 Å². The second-order valence-electron chi connectivity index (χ2n) is 9.13. The van der Waals surface area contributed by atoms with Gasteiger partial charge in [0, 0.05) is 20.3 Å². The summed E-state index contributed by atoms with van der Waals surface area (Å²) in [6.45, 7) is 19.2. The van der Waals surface area contributed by atoms with Crippen LogP contribution < -0.4 is 5.26 Å². The van der Waals surface area contributed by atoms with E-state index in [2.05, 4.69) is 53.0 Å². The highest BCUT2D eigenvalue weighted by atomic mass is 17.1.